The summed E-state index contributed by atoms with van der Waals surface area (Å²) < 4.78 is 0. The van der Waals surface area contributed by atoms with Crippen molar-refractivity contribution in [1.29, 1.82) is 0 Å². The lowest BCUT2D eigenvalue weighted by Crippen LogP contribution is -2.54. The molecule has 11 aliphatic carbocycles. The van der Waals surface area contributed by atoms with Gasteiger partial charge in [0.05, 0.1) is 77.2 Å². The first-order valence-electron chi connectivity index (χ1n) is 38.7. The van der Waals surface area contributed by atoms with E-state index < -0.39 is 131 Å². The molecule has 0 aromatic rings. The molecule has 0 aromatic heterocycles. The number of nitrogens with two attached hydrogens (primary N) is 1. The van der Waals surface area contributed by atoms with E-state index in [0.717, 1.165) is 51.4 Å². The first-order chi connectivity index (χ1) is 48.1. The Bertz CT molecular complexity index is 3040. The third kappa shape index (κ3) is 17.9. The van der Waals surface area contributed by atoms with E-state index in [1.807, 2.05) is 0 Å². The fourth-order valence-corrected chi connectivity index (χ4v) is 19.9. The molecular weight excluding hydrogens is 1280 g/mol. The molecule has 11 rings (SSSR count). The Balaban J connectivity index is 0.601. The van der Waals surface area contributed by atoms with Crippen molar-refractivity contribution in [2.75, 3.05) is 0 Å². The van der Waals surface area contributed by atoms with Crippen LogP contribution in [0.25, 0.3) is 0 Å². The molecule has 27 heteroatoms. The summed E-state index contributed by atoms with van der Waals surface area (Å²) in [5, 5.41) is 48.1. The average Bonchev–Trinajstić information content (AvgIpc) is 1.67. The van der Waals surface area contributed by atoms with Gasteiger partial charge < -0.3 is 74.6 Å². The number of aliphatic hydroxyl groups excluding tert-OH is 1. The number of rotatable bonds is 26. The maximum absolute atomic E-state index is 14.1. The SMILES string of the molecule is CC(=O)N[C@H]1CCC[C@@H]1C(=O)N[C@H]1CCC[C@@H]1C(=O)N[C@H]1CCC[C@@H]1C(=O)N[C@H]1CCC[C@@H]1C(=O)N[C@H]1CCC[C@@H]1C(=O)N[C@@H](CC(=O)N[C@H]1CCC[C@@H]1C(=O)N[C@H]1CCC[C@@H]1C(=O)N[C@H]1CCC[C@@H]1C(=O)N[C@H]1CCC[C@@H]1C(=O)N[C@H]1CCC[C@@H]1C(=O)N[C@H]1CCC[C@@H]1C(N)=O)[C@@H](C)O. The van der Waals surface area contributed by atoms with E-state index in [-0.39, 0.29) is 95.6 Å². The van der Waals surface area contributed by atoms with E-state index >= 15 is 0 Å². The van der Waals surface area contributed by atoms with Gasteiger partial charge in [0.1, 0.15) is 0 Å². The van der Waals surface area contributed by atoms with Gasteiger partial charge in [-0.25, -0.2) is 0 Å². The Labute approximate surface area is 587 Å². The summed E-state index contributed by atoms with van der Waals surface area (Å²) in [5.41, 5.74) is 5.61. The highest BCUT2D eigenvalue weighted by Gasteiger charge is 2.48. The molecule has 0 aliphatic heterocycles. The van der Waals surface area contributed by atoms with E-state index in [9.17, 15) is 67.4 Å². The normalized spacial score (nSPS) is 36.5. The summed E-state index contributed by atoms with van der Waals surface area (Å²) in [6.07, 6.45) is 20.1. The summed E-state index contributed by atoms with van der Waals surface area (Å²) in [5.74, 6) is -8.60. The average molecular weight is 1400 g/mol. The first-order valence-corrected chi connectivity index (χ1v) is 38.7. The maximum atomic E-state index is 14.1. The zero-order valence-electron chi connectivity index (χ0n) is 58.7. The van der Waals surface area contributed by atoms with Gasteiger partial charge in [-0.1, -0.05) is 70.6 Å². The number of hydrogen-bond donors (Lipinski definition) is 14. The van der Waals surface area contributed by atoms with Crippen LogP contribution in [0.15, 0.2) is 0 Å². The molecule has 554 valence electrons. The molecule has 0 unspecified atom stereocenters. The fourth-order valence-electron chi connectivity index (χ4n) is 19.9. The van der Waals surface area contributed by atoms with Crippen LogP contribution in [0.5, 0.6) is 0 Å². The predicted molar refractivity (Wildman–Crippen MR) is 365 cm³/mol. The number of amides is 13. The highest BCUT2D eigenvalue weighted by atomic mass is 16.3. The summed E-state index contributed by atoms with van der Waals surface area (Å²) >= 11 is 0. The Morgan fingerprint density at radius 3 is 0.660 bits per heavy atom. The van der Waals surface area contributed by atoms with Gasteiger partial charge in [-0.05, 0) is 148 Å². The molecule has 0 aromatic carbocycles. The number of carbonyl (C=O) groups excluding carboxylic acids is 13. The van der Waals surface area contributed by atoms with Crippen molar-refractivity contribution in [2.24, 2.45) is 70.8 Å². The highest BCUT2D eigenvalue weighted by Crippen LogP contribution is 2.38. The lowest BCUT2D eigenvalue weighted by atomic mass is 9.95. The molecule has 15 N–H and O–H groups in total. The molecule has 11 fully saturated rings. The summed E-state index contributed by atoms with van der Waals surface area (Å²) in [6, 6.07) is -5.33. The van der Waals surface area contributed by atoms with Crippen molar-refractivity contribution in [3.8, 4) is 0 Å². The maximum Gasteiger partial charge on any atom is 0.225 e. The minimum Gasteiger partial charge on any atom is -0.391 e. The topological polar surface area (TPSA) is 413 Å². The molecule has 100 heavy (non-hydrogen) atoms. The van der Waals surface area contributed by atoms with Gasteiger partial charge in [-0.3, -0.25) is 62.3 Å². The lowest BCUT2D eigenvalue weighted by Gasteiger charge is -2.29. The van der Waals surface area contributed by atoms with Crippen molar-refractivity contribution < 1.29 is 67.4 Å². The van der Waals surface area contributed by atoms with Gasteiger partial charge in [-0.2, -0.15) is 0 Å². The molecule has 0 saturated heterocycles. The quantitative estimate of drug-likeness (QED) is 0.0588. The number of nitrogens with one attached hydrogen (secondary N) is 12. The standard InChI is InChI=1S/C73H113N13O14/c1-37(87)61(86-73(100)49-24-13-35-60(49)85-72(99)48-23-12-34-59(48)84-71(98)46-21-10-32-57(46)81-67(94)43-18-7-29-54(43)78-64(91)40-15-4-26-51(40)75-38(2)88)36-62(89)76-52-27-5-16-41(52)65(92)79-55-30-8-19-44(55)68(95)82-58-33-11-22-47(58)70(97)83-56-31-9-20-45(56)69(96)80-53-28-6-17-42(53)66(93)77-50-25-3-14-39(50)63(74)90/h37,39-61,87H,3-36H2,1-2H3,(H2,74,90)(H,75,88)(H,76,89)(H,77,93)(H,78,91)(H,79,92)(H,80,96)(H,81,94)(H,82,95)(H,83,97)(H,84,98)(H,85,99)(H,86,100)/t37-,39+,40+,41+,42+,43+,44+,45+,46+,47+,48+,49+,50+,51+,52+,53+,54+,55+,56+,57+,58+,59+,60+,61+/m1/s1. The Morgan fingerprint density at radius 2 is 0.460 bits per heavy atom. The van der Waals surface area contributed by atoms with Gasteiger partial charge in [0.2, 0.25) is 76.8 Å². The highest BCUT2D eigenvalue weighted by molar-refractivity contribution is 5.90. The molecule has 11 aliphatic rings. The molecule has 0 radical (unpaired) electrons. The van der Waals surface area contributed by atoms with Crippen LogP contribution in [-0.2, 0) is 62.3 Å². The van der Waals surface area contributed by atoms with Gasteiger partial charge in [0, 0.05) is 79.8 Å². The second kappa shape index (κ2) is 33.9. The van der Waals surface area contributed by atoms with Crippen LogP contribution in [-0.4, -0.2) is 161 Å². The third-order valence-corrected chi connectivity index (χ3v) is 25.4. The largest absolute Gasteiger partial charge is 0.391 e. The minimum atomic E-state index is -1.12. The minimum absolute atomic E-state index is 0.142. The van der Waals surface area contributed by atoms with Crippen LogP contribution >= 0.6 is 0 Å². The summed E-state index contributed by atoms with van der Waals surface area (Å²) in [7, 11) is 0. The number of hydrogen-bond acceptors (Lipinski definition) is 14. The number of primary amides is 1. The Morgan fingerprint density at radius 1 is 0.280 bits per heavy atom. The van der Waals surface area contributed by atoms with E-state index in [4.69, 9.17) is 5.73 Å². The lowest BCUT2D eigenvalue weighted by molar-refractivity contribution is -0.133. The molecule has 0 spiro atoms. The van der Waals surface area contributed by atoms with Crippen molar-refractivity contribution >= 4 is 76.8 Å². The van der Waals surface area contributed by atoms with Crippen molar-refractivity contribution in [1.82, 2.24) is 63.8 Å². The zero-order valence-corrected chi connectivity index (χ0v) is 58.7. The second-order valence-corrected chi connectivity index (χ2v) is 31.9. The van der Waals surface area contributed by atoms with E-state index in [2.05, 4.69) is 63.8 Å². The van der Waals surface area contributed by atoms with Crippen LogP contribution < -0.4 is 69.5 Å². The van der Waals surface area contributed by atoms with E-state index in [0.29, 0.717) is 161 Å². The van der Waals surface area contributed by atoms with Crippen molar-refractivity contribution in [3.05, 3.63) is 0 Å². The molecule has 24 atom stereocenters. The monoisotopic (exact) mass is 1400 g/mol. The van der Waals surface area contributed by atoms with Gasteiger partial charge in [0.25, 0.3) is 0 Å². The molecular formula is C73H113N13O14. The van der Waals surface area contributed by atoms with Crippen molar-refractivity contribution in [2.45, 2.75) is 311 Å². The van der Waals surface area contributed by atoms with Crippen LogP contribution in [0, 0.1) is 65.1 Å². The van der Waals surface area contributed by atoms with Crippen LogP contribution in [0.2, 0.25) is 0 Å². The van der Waals surface area contributed by atoms with Crippen LogP contribution in [0.1, 0.15) is 232 Å². The molecule has 27 nitrogen and oxygen atoms in total. The number of carbonyl (C=O) groups is 13. The van der Waals surface area contributed by atoms with Crippen LogP contribution in [0.3, 0.4) is 0 Å². The fraction of sp³-hybridized carbons (Fsp3) is 0.822. The Hall–Kier alpha value is -6.93. The Kier molecular flexibility index (Phi) is 25.2. The van der Waals surface area contributed by atoms with Crippen molar-refractivity contribution in [3.63, 3.8) is 0 Å². The first kappa shape index (κ1) is 74.3. The predicted octanol–water partition coefficient (Wildman–Crippen LogP) is 1.88. The zero-order chi connectivity index (χ0) is 70.9. The van der Waals surface area contributed by atoms with Gasteiger partial charge in [-0.15, -0.1) is 0 Å². The van der Waals surface area contributed by atoms with Crippen LogP contribution in [0.4, 0.5) is 0 Å². The second-order valence-electron chi connectivity index (χ2n) is 31.9. The molecule has 0 bridgehead atoms. The molecule has 11 saturated carbocycles. The molecule has 0 heterocycles. The van der Waals surface area contributed by atoms with E-state index in [1.54, 1.807) is 0 Å². The van der Waals surface area contributed by atoms with Gasteiger partial charge >= 0.3 is 0 Å². The number of aliphatic hydroxyl groups is 1. The summed E-state index contributed by atoms with van der Waals surface area (Å²) in [4.78, 5) is 177. The van der Waals surface area contributed by atoms with Gasteiger partial charge in [0.15, 0.2) is 0 Å². The molecule has 13 amide bonds. The summed E-state index contributed by atoms with van der Waals surface area (Å²) in [6.45, 7) is 2.94. The third-order valence-electron chi connectivity index (χ3n) is 25.4. The van der Waals surface area contributed by atoms with E-state index in [1.165, 1.54) is 13.8 Å². The smallest absolute Gasteiger partial charge is 0.225 e.